The molecule has 0 spiro atoms. The van der Waals surface area contributed by atoms with Gasteiger partial charge in [-0.3, -0.25) is 4.55 Å². The van der Waals surface area contributed by atoms with Crippen molar-refractivity contribution in [1.82, 2.24) is 5.32 Å². The molecule has 0 fully saturated rings. The van der Waals surface area contributed by atoms with Crippen LogP contribution >= 0.6 is 0 Å². The van der Waals surface area contributed by atoms with Gasteiger partial charge >= 0.3 is 0 Å². The van der Waals surface area contributed by atoms with E-state index in [-0.39, 0.29) is 18.1 Å². The predicted octanol–water partition coefficient (Wildman–Crippen LogP) is 0.647. The van der Waals surface area contributed by atoms with Crippen LogP contribution in [-0.4, -0.2) is 49.5 Å². The highest BCUT2D eigenvalue weighted by Gasteiger charge is 2.08. The van der Waals surface area contributed by atoms with Crippen LogP contribution in [0.3, 0.4) is 0 Å². The van der Waals surface area contributed by atoms with E-state index < -0.39 is 10.1 Å². The van der Waals surface area contributed by atoms with Crippen LogP contribution in [0.15, 0.2) is 47.4 Å². The molecule has 0 saturated carbocycles. The highest BCUT2D eigenvalue weighted by atomic mass is 32.2. The molecule has 0 aliphatic heterocycles. The first-order valence-corrected chi connectivity index (χ1v) is 7.82. The highest BCUT2D eigenvalue weighted by molar-refractivity contribution is 7.85. The number of aliphatic hydroxyl groups excluding tert-OH is 2. The van der Waals surface area contributed by atoms with Gasteiger partial charge in [0, 0.05) is 13.1 Å². The third-order valence-corrected chi connectivity index (χ3v) is 3.45. The van der Waals surface area contributed by atoms with E-state index in [1.165, 1.54) is 12.1 Å². The van der Waals surface area contributed by atoms with E-state index in [0.29, 0.717) is 13.1 Å². The molecule has 0 heterocycles. The van der Waals surface area contributed by atoms with Crippen molar-refractivity contribution in [3.8, 4) is 0 Å². The summed E-state index contributed by atoms with van der Waals surface area (Å²) in [6, 6.07) is 11.9. The summed E-state index contributed by atoms with van der Waals surface area (Å²) in [6.07, 6.45) is 0. The molecule has 6 nitrogen and oxygen atoms in total. The lowest BCUT2D eigenvalue weighted by Gasteiger charge is -1.99. The molecule has 0 radical (unpaired) electrons. The first-order valence-electron chi connectivity index (χ1n) is 6.37. The molecule has 0 saturated heterocycles. The molecule has 0 atom stereocenters. The molecule has 0 bridgehead atoms. The van der Waals surface area contributed by atoms with E-state index in [1.807, 2.05) is 18.2 Å². The van der Waals surface area contributed by atoms with Crippen LogP contribution < -0.4 is 5.32 Å². The van der Waals surface area contributed by atoms with Gasteiger partial charge in [-0.05, 0) is 22.9 Å². The van der Waals surface area contributed by atoms with Gasteiger partial charge in [-0.25, -0.2) is 0 Å². The van der Waals surface area contributed by atoms with Gasteiger partial charge in [-0.2, -0.15) is 8.42 Å². The Morgan fingerprint density at radius 2 is 1.48 bits per heavy atom. The van der Waals surface area contributed by atoms with Gasteiger partial charge in [-0.1, -0.05) is 30.3 Å². The standard InChI is InChI=1S/C10H8O3S.C4H11NO2/c11-14(12,13)10-6-5-8-3-1-2-4-9(8)7-10;6-3-1-5-2-4-7/h1-7H,(H,11,12,13);5-7H,1-4H2. The summed E-state index contributed by atoms with van der Waals surface area (Å²) in [5.41, 5.74) is 0. The Bertz CT molecular complexity index is 653. The number of benzene rings is 2. The fourth-order valence-corrected chi connectivity index (χ4v) is 2.13. The average molecular weight is 313 g/mol. The zero-order chi connectivity index (χ0) is 15.7. The predicted molar refractivity (Wildman–Crippen MR) is 80.8 cm³/mol. The largest absolute Gasteiger partial charge is 0.395 e. The molecular formula is C14H19NO5S. The smallest absolute Gasteiger partial charge is 0.294 e. The van der Waals surface area contributed by atoms with Crippen molar-refractivity contribution in [2.45, 2.75) is 4.90 Å². The first-order chi connectivity index (χ1) is 9.99. The van der Waals surface area contributed by atoms with Crippen molar-refractivity contribution < 1.29 is 23.2 Å². The minimum Gasteiger partial charge on any atom is -0.395 e. The van der Waals surface area contributed by atoms with Crippen molar-refractivity contribution in [3.05, 3.63) is 42.5 Å². The first kappa shape index (κ1) is 17.5. The van der Waals surface area contributed by atoms with E-state index in [9.17, 15) is 8.42 Å². The van der Waals surface area contributed by atoms with Crippen LogP contribution in [0.5, 0.6) is 0 Å². The molecule has 2 aromatic carbocycles. The quantitative estimate of drug-likeness (QED) is 0.477. The maximum absolute atomic E-state index is 10.8. The average Bonchev–Trinajstić information content (AvgIpc) is 2.47. The van der Waals surface area contributed by atoms with E-state index in [4.69, 9.17) is 14.8 Å². The Hall–Kier alpha value is -1.51. The van der Waals surface area contributed by atoms with Crippen molar-refractivity contribution in [2.24, 2.45) is 0 Å². The van der Waals surface area contributed by atoms with Crippen LogP contribution in [0.4, 0.5) is 0 Å². The summed E-state index contributed by atoms with van der Waals surface area (Å²) in [4.78, 5) is -0.0730. The number of aliphatic hydroxyl groups is 2. The van der Waals surface area contributed by atoms with Crippen LogP contribution in [0.1, 0.15) is 0 Å². The van der Waals surface area contributed by atoms with E-state index >= 15 is 0 Å². The van der Waals surface area contributed by atoms with Gasteiger partial charge in [0.15, 0.2) is 0 Å². The van der Waals surface area contributed by atoms with Gasteiger partial charge in [0.1, 0.15) is 0 Å². The minimum atomic E-state index is -4.09. The monoisotopic (exact) mass is 313 g/mol. The Kier molecular flexibility index (Phi) is 7.27. The lowest BCUT2D eigenvalue weighted by molar-refractivity contribution is 0.266. The molecule has 0 aliphatic rings. The lowest BCUT2D eigenvalue weighted by Crippen LogP contribution is -2.21. The van der Waals surface area contributed by atoms with Gasteiger partial charge in [-0.15, -0.1) is 0 Å². The van der Waals surface area contributed by atoms with Crippen LogP contribution in [0.2, 0.25) is 0 Å². The summed E-state index contributed by atoms with van der Waals surface area (Å²) in [7, 11) is -4.09. The number of fused-ring (bicyclic) bond motifs is 1. The molecule has 2 rings (SSSR count). The molecule has 2 aromatic rings. The maximum Gasteiger partial charge on any atom is 0.294 e. The van der Waals surface area contributed by atoms with E-state index in [0.717, 1.165) is 10.8 Å². The molecule has 7 heteroatoms. The van der Waals surface area contributed by atoms with Gasteiger partial charge in [0.2, 0.25) is 0 Å². The Labute approximate surface area is 123 Å². The number of rotatable bonds is 5. The second-order valence-electron chi connectivity index (χ2n) is 4.18. The zero-order valence-corrected chi connectivity index (χ0v) is 12.3. The van der Waals surface area contributed by atoms with E-state index in [1.54, 1.807) is 12.1 Å². The topological polar surface area (TPSA) is 107 Å². The van der Waals surface area contributed by atoms with E-state index in [2.05, 4.69) is 5.32 Å². The number of hydrogen-bond donors (Lipinski definition) is 4. The SMILES string of the molecule is O=S(=O)(O)c1ccc2ccccc2c1.OCCNCCO. The van der Waals surface area contributed by atoms with Crippen molar-refractivity contribution in [2.75, 3.05) is 26.3 Å². The second kappa shape index (κ2) is 8.71. The maximum atomic E-state index is 10.8. The van der Waals surface area contributed by atoms with Crippen LogP contribution in [0, 0.1) is 0 Å². The molecule has 0 amide bonds. The third kappa shape index (κ3) is 6.19. The number of nitrogens with one attached hydrogen (secondary N) is 1. The molecular weight excluding hydrogens is 294 g/mol. The Balaban J connectivity index is 0.000000270. The van der Waals surface area contributed by atoms with Gasteiger partial charge in [0.05, 0.1) is 18.1 Å². The molecule has 0 aromatic heterocycles. The van der Waals surface area contributed by atoms with Gasteiger partial charge < -0.3 is 15.5 Å². The van der Waals surface area contributed by atoms with Crippen LogP contribution in [-0.2, 0) is 10.1 Å². The Morgan fingerprint density at radius 1 is 0.905 bits per heavy atom. The minimum absolute atomic E-state index is 0.0730. The molecule has 0 aliphatic carbocycles. The second-order valence-corrected chi connectivity index (χ2v) is 5.60. The zero-order valence-electron chi connectivity index (χ0n) is 11.4. The molecule has 21 heavy (non-hydrogen) atoms. The van der Waals surface area contributed by atoms with Crippen molar-refractivity contribution in [1.29, 1.82) is 0 Å². The third-order valence-electron chi connectivity index (χ3n) is 2.60. The summed E-state index contributed by atoms with van der Waals surface area (Å²) >= 11 is 0. The normalized spacial score (nSPS) is 11.0. The Morgan fingerprint density at radius 3 is 2.00 bits per heavy atom. The number of hydrogen-bond acceptors (Lipinski definition) is 5. The van der Waals surface area contributed by atoms with Crippen molar-refractivity contribution >= 4 is 20.9 Å². The van der Waals surface area contributed by atoms with Crippen molar-refractivity contribution in [3.63, 3.8) is 0 Å². The van der Waals surface area contributed by atoms with Gasteiger partial charge in [0.25, 0.3) is 10.1 Å². The fourth-order valence-electron chi connectivity index (χ4n) is 1.61. The highest BCUT2D eigenvalue weighted by Crippen LogP contribution is 2.18. The fraction of sp³-hybridized carbons (Fsp3) is 0.286. The molecule has 4 N–H and O–H groups in total. The summed E-state index contributed by atoms with van der Waals surface area (Å²) in [5, 5.41) is 20.8. The van der Waals surface area contributed by atoms with Crippen LogP contribution in [0.25, 0.3) is 10.8 Å². The summed E-state index contributed by atoms with van der Waals surface area (Å²) in [5.74, 6) is 0. The summed E-state index contributed by atoms with van der Waals surface area (Å²) < 4.78 is 30.5. The lowest BCUT2D eigenvalue weighted by atomic mass is 10.1. The molecule has 116 valence electrons. The molecule has 0 unspecified atom stereocenters. The summed E-state index contributed by atoms with van der Waals surface area (Å²) in [6.45, 7) is 1.42.